The molecule has 138 valence electrons. The van der Waals surface area contributed by atoms with Crippen molar-refractivity contribution in [3.8, 4) is 0 Å². The lowest BCUT2D eigenvalue weighted by atomic mass is 10.1. The quantitative estimate of drug-likeness (QED) is 0.806. The molecule has 0 saturated carbocycles. The second-order valence-corrected chi connectivity index (χ2v) is 6.64. The molecule has 0 aliphatic heterocycles. The van der Waals surface area contributed by atoms with Crippen LogP contribution in [0.1, 0.15) is 18.1 Å². The molecule has 0 aliphatic carbocycles. The summed E-state index contributed by atoms with van der Waals surface area (Å²) in [4.78, 5) is 26.2. The maximum absolute atomic E-state index is 14.0. The van der Waals surface area contributed by atoms with Crippen molar-refractivity contribution in [3.63, 3.8) is 0 Å². The van der Waals surface area contributed by atoms with Gasteiger partial charge in [0.15, 0.2) is 0 Å². The standard InChI is InChI=1S/C19H19Cl2FN2O2/c1-12(19(26)23-2)24(11-14-5-3-4-6-17(14)22)18(25)10-13-7-8-15(20)16(21)9-13/h3-9,12H,10-11H2,1-2H3,(H,23,26)/t12-/m0/s1. The minimum atomic E-state index is -0.755. The monoisotopic (exact) mass is 396 g/mol. The molecule has 0 spiro atoms. The van der Waals surface area contributed by atoms with Gasteiger partial charge < -0.3 is 10.2 Å². The van der Waals surface area contributed by atoms with Crippen molar-refractivity contribution in [1.82, 2.24) is 10.2 Å². The van der Waals surface area contributed by atoms with Crippen LogP contribution in [0.15, 0.2) is 42.5 Å². The minimum Gasteiger partial charge on any atom is -0.357 e. The van der Waals surface area contributed by atoms with Gasteiger partial charge in [-0.15, -0.1) is 0 Å². The number of benzene rings is 2. The number of halogens is 3. The molecule has 0 fully saturated rings. The SMILES string of the molecule is CNC(=O)[C@H](C)N(Cc1ccccc1F)C(=O)Cc1ccc(Cl)c(Cl)c1. The second-order valence-electron chi connectivity index (χ2n) is 5.83. The summed E-state index contributed by atoms with van der Waals surface area (Å²) in [5, 5.41) is 3.25. The predicted octanol–water partition coefficient (Wildman–Crippen LogP) is 3.84. The number of amides is 2. The Morgan fingerprint density at radius 2 is 1.85 bits per heavy atom. The van der Waals surface area contributed by atoms with Gasteiger partial charge in [0.05, 0.1) is 16.5 Å². The molecular formula is C19H19Cl2FN2O2. The van der Waals surface area contributed by atoms with E-state index in [4.69, 9.17) is 23.2 Å². The molecule has 1 atom stereocenters. The van der Waals surface area contributed by atoms with E-state index in [9.17, 15) is 14.0 Å². The molecule has 7 heteroatoms. The van der Waals surface area contributed by atoms with Crippen LogP contribution in [0.2, 0.25) is 10.0 Å². The first-order valence-electron chi connectivity index (χ1n) is 8.02. The van der Waals surface area contributed by atoms with Crippen molar-refractivity contribution in [2.45, 2.75) is 25.9 Å². The molecule has 0 unspecified atom stereocenters. The average molecular weight is 397 g/mol. The lowest BCUT2D eigenvalue weighted by Gasteiger charge is -2.28. The van der Waals surface area contributed by atoms with Gasteiger partial charge in [0.25, 0.3) is 0 Å². The molecule has 0 saturated heterocycles. The van der Waals surface area contributed by atoms with Gasteiger partial charge in [0.1, 0.15) is 11.9 Å². The number of likely N-dealkylation sites (N-methyl/N-ethyl adjacent to an activating group) is 1. The summed E-state index contributed by atoms with van der Waals surface area (Å²) >= 11 is 11.9. The molecular weight excluding hydrogens is 378 g/mol. The fourth-order valence-electron chi connectivity index (χ4n) is 2.53. The van der Waals surface area contributed by atoms with Crippen LogP contribution >= 0.6 is 23.2 Å². The number of hydrogen-bond donors (Lipinski definition) is 1. The molecule has 0 radical (unpaired) electrons. The molecule has 26 heavy (non-hydrogen) atoms. The maximum Gasteiger partial charge on any atom is 0.242 e. The van der Waals surface area contributed by atoms with Crippen molar-refractivity contribution < 1.29 is 14.0 Å². The first-order chi connectivity index (χ1) is 12.3. The highest BCUT2D eigenvalue weighted by Crippen LogP contribution is 2.23. The summed E-state index contributed by atoms with van der Waals surface area (Å²) in [6.45, 7) is 1.59. The Balaban J connectivity index is 2.26. The number of nitrogens with zero attached hydrogens (tertiary/aromatic N) is 1. The molecule has 2 aromatic carbocycles. The molecule has 2 amide bonds. The third kappa shape index (κ3) is 4.96. The van der Waals surface area contributed by atoms with Gasteiger partial charge in [-0.05, 0) is 30.7 Å². The van der Waals surface area contributed by atoms with Gasteiger partial charge in [-0.1, -0.05) is 47.5 Å². The Labute approximate surface area is 161 Å². The van der Waals surface area contributed by atoms with E-state index in [1.54, 1.807) is 43.3 Å². The second kappa shape index (κ2) is 9.01. The highest BCUT2D eigenvalue weighted by atomic mass is 35.5. The lowest BCUT2D eigenvalue weighted by molar-refractivity contribution is -0.139. The zero-order chi connectivity index (χ0) is 19.3. The fraction of sp³-hybridized carbons (Fsp3) is 0.263. The van der Waals surface area contributed by atoms with E-state index >= 15 is 0 Å². The third-order valence-corrected chi connectivity index (χ3v) is 4.79. The fourth-order valence-corrected chi connectivity index (χ4v) is 2.85. The zero-order valence-corrected chi connectivity index (χ0v) is 15.9. The van der Waals surface area contributed by atoms with Gasteiger partial charge in [-0.3, -0.25) is 9.59 Å². The van der Waals surface area contributed by atoms with Crippen molar-refractivity contribution in [3.05, 3.63) is 69.5 Å². The van der Waals surface area contributed by atoms with Crippen molar-refractivity contribution in [2.24, 2.45) is 0 Å². The molecule has 0 heterocycles. The molecule has 2 rings (SSSR count). The lowest BCUT2D eigenvalue weighted by Crippen LogP contribution is -2.47. The van der Waals surface area contributed by atoms with Crippen LogP contribution in [0.4, 0.5) is 4.39 Å². The van der Waals surface area contributed by atoms with Crippen molar-refractivity contribution in [2.75, 3.05) is 7.05 Å². The Morgan fingerprint density at radius 1 is 1.15 bits per heavy atom. The summed E-state index contributed by atoms with van der Waals surface area (Å²) in [5.74, 6) is -1.07. The van der Waals surface area contributed by atoms with E-state index in [2.05, 4.69) is 5.32 Å². The predicted molar refractivity (Wildman–Crippen MR) is 101 cm³/mol. The van der Waals surface area contributed by atoms with Crippen molar-refractivity contribution >= 4 is 35.0 Å². The largest absolute Gasteiger partial charge is 0.357 e. The Hall–Kier alpha value is -2.11. The van der Waals surface area contributed by atoms with E-state index in [-0.39, 0.29) is 24.8 Å². The summed E-state index contributed by atoms with van der Waals surface area (Å²) in [5.41, 5.74) is 0.998. The van der Waals surface area contributed by atoms with E-state index < -0.39 is 11.9 Å². The Bertz CT molecular complexity index is 814. The van der Waals surface area contributed by atoms with Gasteiger partial charge in [0.2, 0.25) is 11.8 Å². The van der Waals surface area contributed by atoms with Crippen LogP contribution < -0.4 is 5.32 Å². The smallest absolute Gasteiger partial charge is 0.242 e. The molecule has 2 aromatic rings. The van der Waals surface area contributed by atoms with Gasteiger partial charge in [-0.2, -0.15) is 0 Å². The summed E-state index contributed by atoms with van der Waals surface area (Å²) in [6.07, 6.45) is 0.0205. The average Bonchev–Trinajstić information content (AvgIpc) is 2.62. The Morgan fingerprint density at radius 3 is 2.46 bits per heavy atom. The summed E-state index contributed by atoms with van der Waals surface area (Å²) < 4.78 is 14.0. The highest BCUT2D eigenvalue weighted by Gasteiger charge is 2.26. The maximum atomic E-state index is 14.0. The van der Waals surface area contributed by atoms with Gasteiger partial charge in [0, 0.05) is 19.2 Å². The van der Waals surface area contributed by atoms with Crippen LogP contribution in [-0.4, -0.2) is 29.8 Å². The first kappa shape index (κ1) is 20.2. The summed E-state index contributed by atoms with van der Waals surface area (Å²) in [7, 11) is 1.49. The van der Waals surface area contributed by atoms with E-state index in [0.717, 1.165) is 0 Å². The molecule has 0 bridgehead atoms. The summed E-state index contributed by atoms with van der Waals surface area (Å²) in [6, 6.07) is 10.3. The Kier molecular flexibility index (Phi) is 7.00. The van der Waals surface area contributed by atoms with Crippen LogP contribution in [0.25, 0.3) is 0 Å². The third-order valence-electron chi connectivity index (χ3n) is 4.05. The van der Waals surface area contributed by atoms with Crippen molar-refractivity contribution in [1.29, 1.82) is 0 Å². The first-order valence-corrected chi connectivity index (χ1v) is 8.77. The zero-order valence-electron chi connectivity index (χ0n) is 14.4. The number of nitrogens with one attached hydrogen (secondary N) is 1. The van der Waals surface area contributed by atoms with E-state index in [1.807, 2.05) is 0 Å². The molecule has 0 aromatic heterocycles. The highest BCUT2D eigenvalue weighted by molar-refractivity contribution is 6.42. The molecule has 0 aliphatic rings. The van der Waals surface area contributed by atoms with Gasteiger partial charge >= 0.3 is 0 Å². The van der Waals surface area contributed by atoms with E-state index in [0.29, 0.717) is 21.2 Å². The van der Waals surface area contributed by atoms with Crippen LogP contribution in [0, 0.1) is 5.82 Å². The topological polar surface area (TPSA) is 49.4 Å². The minimum absolute atomic E-state index is 0.0125. The molecule has 4 nitrogen and oxygen atoms in total. The van der Waals surface area contributed by atoms with Crippen LogP contribution in [-0.2, 0) is 22.6 Å². The number of hydrogen-bond acceptors (Lipinski definition) is 2. The van der Waals surface area contributed by atoms with E-state index in [1.165, 1.54) is 18.0 Å². The van der Waals surface area contributed by atoms with Gasteiger partial charge in [-0.25, -0.2) is 4.39 Å². The normalized spacial score (nSPS) is 11.7. The number of rotatable bonds is 6. The van der Waals surface area contributed by atoms with Crippen LogP contribution in [0.3, 0.4) is 0 Å². The van der Waals surface area contributed by atoms with Crippen LogP contribution in [0.5, 0.6) is 0 Å². The number of carbonyl (C=O) groups is 2. The molecule has 1 N–H and O–H groups in total. The number of carbonyl (C=O) groups excluding carboxylic acids is 2.